The molecule has 3 fully saturated rings. The third-order valence-electron chi connectivity index (χ3n) is 8.66. The first kappa shape index (κ1) is 22.5. The fraction of sp³-hybridized carbons (Fsp3) is 0.467. The zero-order chi connectivity index (χ0) is 23.9. The van der Waals surface area contributed by atoms with Gasteiger partial charge in [-0.1, -0.05) is 48.4 Å². The molecule has 6 rings (SSSR count). The summed E-state index contributed by atoms with van der Waals surface area (Å²) in [5.74, 6) is 1.74. The first-order valence-corrected chi connectivity index (χ1v) is 13.1. The van der Waals surface area contributed by atoms with Crippen molar-refractivity contribution in [1.29, 1.82) is 0 Å². The SMILES string of the molecule is Cc1ccc(C2(c3ccc(OCc4ccnc(N5CCC6(CCN(C)C6)C5)n4)cc3)CCC2)cc1. The number of likely N-dealkylation sites (tertiary alicyclic amines) is 1. The summed E-state index contributed by atoms with van der Waals surface area (Å²) >= 11 is 0. The second-order valence-electron chi connectivity index (χ2n) is 11.1. The maximum atomic E-state index is 6.14. The summed E-state index contributed by atoms with van der Waals surface area (Å²) in [6.45, 7) is 7.11. The molecule has 0 amide bonds. The van der Waals surface area contributed by atoms with Crippen molar-refractivity contribution in [2.45, 2.75) is 51.0 Å². The van der Waals surface area contributed by atoms with Crippen LogP contribution in [0, 0.1) is 12.3 Å². The van der Waals surface area contributed by atoms with Crippen molar-refractivity contribution < 1.29 is 4.74 Å². The molecule has 5 heteroatoms. The van der Waals surface area contributed by atoms with E-state index in [-0.39, 0.29) is 5.41 Å². The zero-order valence-electron chi connectivity index (χ0n) is 21.0. The number of anilines is 1. The van der Waals surface area contributed by atoms with Crippen LogP contribution in [0.5, 0.6) is 5.75 Å². The van der Waals surface area contributed by atoms with Crippen molar-refractivity contribution in [2.24, 2.45) is 5.41 Å². The van der Waals surface area contributed by atoms with Crippen molar-refractivity contribution in [2.75, 3.05) is 38.1 Å². The largest absolute Gasteiger partial charge is 0.487 e. The van der Waals surface area contributed by atoms with Gasteiger partial charge in [-0.15, -0.1) is 0 Å². The molecule has 0 N–H and O–H groups in total. The fourth-order valence-corrected chi connectivity index (χ4v) is 6.39. The van der Waals surface area contributed by atoms with Crippen molar-refractivity contribution >= 4 is 5.95 Å². The summed E-state index contributed by atoms with van der Waals surface area (Å²) < 4.78 is 6.14. The molecule has 1 unspecified atom stereocenters. The lowest BCUT2D eigenvalue weighted by Gasteiger charge is -2.43. The molecule has 35 heavy (non-hydrogen) atoms. The highest BCUT2D eigenvalue weighted by atomic mass is 16.5. The van der Waals surface area contributed by atoms with Crippen molar-refractivity contribution in [3.8, 4) is 5.75 Å². The third kappa shape index (κ3) is 4.31. The molecule has 2 aromatic carbocycles. The highest BCUT2D eigenvalue weighted by Gasteiger charge is 2.43. The van der Waals surface area contributed by atoms with Crippen LogP contribution in [-0.2, 0) is 12.0 Å². The fourth-order valence-electron chi connectivity index (χ4n) is 6.39. The summed E-state index contributed by atoms with van der Waals surface area (Å²) in [6, 6.07) is 19.8. The topological polar surface area (TPSA) is 41.5 Å². The molecule has 0 bridgehead atoms. The Labute approximate surface area is 209 Å². The maximum absolute atomic E-state index is 6.14. The van der Waals surface area contributed by atoms with Crippen LogP contribution in [0.25, 0.3) is 0 Å². The Morgan fingerprint density at radius 2 is 1.57 bits per heavy atom. The van der Waals surface area contributed by atoms with Gasteiger partial charge in [-0.25, -0.2) is 9.97 Å². The number of hydrogen-bond donors (Lipinski definition) is 0. The van der Waals surface area contributed by atoms with Gasteiger partial charge in [0.2, 0.25) is 5.95 Å². The lowest BCUT2D eigenvalue weighted by atomic mass is 9.60. The Morgan fingerprint density at radius 1 is 0.857 bits per heavy atom. The molecule has 1 atom stereocenters. The first-order chi connectivity index (χ1) is 17.0. The standard InChI is InChI=1S/C30H36N4O/c1-23-4-6-24(7-5-23)30(13-3-14-30)25-8-10-27(11-9-25)35-20-26-12-17-31-28(32-26)34-19-16-29(22-34)15-18-33(2)21-29/h4-12,17H,3,13-16,18-22H2,1-2H3. The van der Waals surface area contributed by atoms with Crippen molar-refractivity contribution in [1.82, 2.24) is 14.9 Å². The van der Waals surface area contributed by atoms with Crippen LogP contribution >= 0.6 is 0 Å². The Bertz CT molecular complexity index is 1170. The van der Waals surface area contributed by atoms with Gasteiger partial charge in [0, 0.05) is 36.7 Å². The zero-order valence-corrected chi connectivity index (χ0v) is 21.0. The number of aryl methyl sites for hydroxylation is 1. The molecule has 1 aliphatic carbocycles. The van der Waals surface area contributed by atoms with Gasteiger partial charge in [0.25, 0.3) is 0 Å². The van der Waals surface area contributed by atoms with Gasteiger partial charge in [-0.2, -0.15) is 0 Å². The molecule has 1 aromatic heterocycles. The molecule has 2 aliphatic heterocycles. The van der Waals surface area contributed by atoms with Crippen molar-refractivity contribution in [3.05, 3.63) is 83.2 Å². The molecule has 182 valence electrons. The second-order valence-corrected chi connectivity index (χ2v) is 11.1. The van der Waals surface area contributed by atoms with Gasteiger partial charge < -0.3 is 14.5 Å². The summed E-state index contributed by atoms with van der Waals surface area (Å²) in [6.07, 6.45) is 8.11. The molecule has 2 saturated heterocycles. The van der Waals surface area contributed by atoms with E-state index in [1.165, 1.54) is 61.9 Å². The molecule has 3 heterocycles. The predicted molar refractivity (Wildman–Crippen MR) is 140 cm³/mol. The summed E-state index contributed by atoms with van der Waals surface area (Å²) in [5.41, 5.74) is 5.65. The predicted octanol–water partition coefficient (Wildman–Crippen LogP) is 5.37. The Kier molecular flexibility index (Phi) is 5.76. The average molecular weight is 469 g/mol. The van der Waals surface area contributed by atoms with Crippen LogP contribution in [0.2, 0.25) is 0 Å². The van der Waals surface area contributed by atoms with E-state index < -0.39 is 0 Å². The Hall–Kier alpha value is -2.92. The van der Waals surface area contributed by atoms with Gasteiger partial charge in [0.05, 0.1) is 5.69 Å². The van der Waals surface area contributed by atoms with Gasteiger partial charge in [-0.05, 0) is 75.5 Å². The molecule has 1 saturated carbocycles. The highest BCUT2D eigenvalue weighted by molar-refractivity contribution is 5.44. The quantitative estimate of drug-likeness (QED) is 0.487. The van der Waals surface area contributed by atoms with Gasteiger partial charge in [0.1, 0.15) is 12.4 Å². The minimum absolute atomic E-state index is 0.162. The van der Waals surface area contributed by atoms with E-state index in [9.17, 15) is 0 Å². The number of aromatic nitrogens is 2. The van der Waals surface area contributed by atoms with Crippen LogP contribution in [0.15, 0.2) is 60.8 Å². The van der Waals surface area contributed by atoms with Crippen LogP contribution in [-0.4, -0.2) is 48.1 Å². The summed E-state index contributed by atoms with van der Waals surface area (Å²) in [4.78, 5) is 14.2. The number of rotatable bonds is 6. The summed E-state index contributed by atoms with van der Waals surface area (Å²) in [5, 5.41) is 0. The lowest BCUT2D eigenvalue weighted by Crippen LogP contribution is -2.35. The monoisotopic (exact) mass is 468 g/mol. The van der Waals surface area contributed by atoms with E-state index in [4.69, 9.17) is 9.72 Å². The van der Waals surface area contributed by atoms with E-state index >= 15 is 0 Å². The molecular weight excluding hydrogens is 432 g/mol. The van der Waals surface area contributed by atoms with Crippen molar-refractivity contribution in [3.63, 3.8) is 0 Å². The van der Waals surface area contributed by atoms with E-state index in [2.05, 4.69) is 77.3 Å². The van der Waals surface area contributed by atoms with E-state index in [0.29, 0.717) is 12.0 Å². The lowest BCUT2D eigenvalue weighted by molar-refractivity contribution is 0.294. The van der Waals surface area contributed by atoms with Crippen LogP contribution < -0.4 is 9.64 Å². The maximum Gasteiger partial charge on any atom is 0.225 e. The molecule has 3 aromatic rings. The smallest absolute Gasteiger partial charge is 0.225 e. The molecule has 1 spiro atoms. The average Bonchev–Trinajstić information content (AvgIpc) is 3.44. The van der Waals surface area contributed by atoms with E-state index in [0.717, 1.165) is 30.5 Å². The van der Waals surface area contributed by atoms with Crippen LogP contribution in [0.3, 0.4) is 0 Å². The highest BCUT2D eigenvalue weighted by Crippen LogP contribution is 2.49. The Balaban J connectivity index is 1.11. The van der Waals surface area contributed by atoms with Gasteiger partial charge in [0.15, 0.2) is 0 Å². The van der Waals surface area contributed by atoms with Crippen LogP contribution in [0.1, 0.15) is 54.5 Å². The second kappa shape index (κ2) is 8.94. The number of benzene rings is 2. The first-order valence-electron chi connectivity index (χ1n) is 13.1. The molecular formula is C30H36N4O. The van der Waals surface area contributed by atoms with Gasteiger partial charge in [-0.3, -0.25) is 0 Å². The van der Waals surface area contributed by atoms with Gasteiger partial charge >= 0.3 is 0 Å². The third-order valence-corrected chi connectivity index (χ3v) is 8.66. The normalized spacial score (nSPS) is 23.5. The minimum Gasteiger partial charge on any atom is -0.487 e. The minimum atomic E-state index is 0.162. The van der Waals surface area contributed by atoms with E-state index in [1.54, 1.807) is 0 Å². The number of ether oxygens (including phenoxy) is 1. The Morgan fingerprint density at radius 3 is 2.23 bits per heavy atom. The number of nitrogens with zero attached hydrogens (tertiary/aromatic N) is 4. The molecule has 0 radical (unpaired) electrons. The van der Waals surface area contributed by atoms with E-state index in [1.807, 2.05) is 12.3 Å². The van der Waals surface area contributed by atoms with Crippen LogP contribution in [0.4, 0.5) is 5.95 Å². The molecule has 3 aliphatic rings. The molecule has 5 nitrogen and oxygen atoms in total. The number of hydrogen-bond acceptors (Lipinski definition) is 5. The summed E-state index contributed by atoms with van der Waals surface area (Å²) in [7, 11) is 2.23.